The number of nitrogens with zero attached hydrogens (tertiary/aromatic N) is 3. The third kappa shape index (κ3) is 5.07. The molecule has 0 bridgehead atoms. The molecular formula is C26H29ClN4O2. The van der Waals surface area contributed by atoms with E-state index in [9.17, 15) is 4.79 Å². The summed E-state index contributed by atoms with van der Waals surface area (Å²) >= 11 is 6.52. The summed E-state index contributed by atoms with van der Waals surface area (Å²) in [5.74, 6) is 1.25. The summed E-state index contributed by atoms with van der Waals surface area (Å²) in [5, 5.41) is 5.99. The van der Waals surface area contributed by atoms with Crippen molar-refractivity contribution >= 4 is 39.8 Å². The summed E-state index contributed by atoms with van der Waals surface area (Å²) in [6, 6.07) is 16.4. The molecule has 5 rings (SSSR count). The molecule has 1 amide bonds. The van der Waals surface area contributed by atoms with E-state index in [-0.39, 0.29) is 5.91 Å². The number of carbonyl (C=O) groups excluding carboxylic acids is 1. The van der Waals surface area contributed by atoms with Gasteiger partial charge in [0.15, 0.2) is 0 Å². The molecule has 7 heteroatoms. The number of benzene rings is 2. The zero-order chi connectivity index (χ0) is 22.6. The lowest BCUT2D eigenvalue weighted by atomic mass is 10.1. The van der Waals surface area contributed by atoms with Crippen molar-refractivity contribution in [3.8, 4) is 5.88 Å². The Balaban J connectivity index is 1.06. The Kier molecular flexibility index (Phi) is 6.65. The Hall–Kier alpha value is -2.83. The van der Waals surface area contributed by atoms with Gasteiger partial charge in [0.25, 0.3) is 0 Å². The predicted octanol–water partition coefficient (Wildman–Crippen LogP) is 4.75. The second-order valence-corrected chi connectivity index (χ2v) is 9.11. The zero-order valence-electron chi connectivity index (χ0n) is 18.7. The number of nitrogens with one attached hydrogen (secondary N) is 1. The Bertz CT molecular complexity index is 1140. The van der Waals surface area contributed by atoms with Gasteiger partial charge < -0.3 is 15.0 Å². The molecule has 3 aromatic rings. The number of halogens is 1. The lowest BCUT2D eigenvalue weighted by Gasteiger charge is -2.36. The molecule has 2 aliphatic heterocycles. The highest BCUT2D eigenvalue weighted by Crippen LogP contribution is 2.33. The quantitative estimate of drug-likeness (QED) is 0.511. The zero-order valence-corrected chi connectivity index (χ0v) is 19.5. The lowest BCUT2D eigenvalue weighted by molar-refractivity contribution is -0.116. The number of anilines is 2. The highest BCUT2D eigenvalue weighted by molar-refractivity contribution is 6.36. The number of ether oxygens (including phenoxy) is 1. The second-order valence-electron chi connectivity index (χ2n) is 8.70. The number of amides is 1. The number of aromatic nitrogens is 1. The lowest BCUT2D eigenvalue weighted by Crippen LogP contribution is -2.46. The first kappa shape index (κ1) is 22.0. The molecule has 2 aliphatic rings. The van der Waals surface area contributed by atoms with Crippen molar-refractivity contribution in [3.63, 3.8) is 0 Å². The third-order valence-corrected chi connectivity index (χ3v) is 6.81. The Morgan fingerprint density at radius 2 is 1.79 bits per heavy atom. The minimum absolute atomic E-state index is 0.0239. The van der Waals surface area contributed by atoms with Gasteiger partial charge in [-0.2, -0.15) is 4.98 Å². The maximum absolute atomic E-state index is 11.6. The Morgan fingerprint density at radius 1 is 0.970 bits per heavy atom. The number of hydrogen-bond donors (Lipinski definition) is 1. The number of unbranched alkanes of at least 4 members (excludes halogenated alkanes) is 1. The van der Waals surface area contributed by atoms with Gasteiger partial charge >= 0.3 is 0 Å². The van der Waals surface area contributed by atoms with Crippen LogP contribution in [-0.4, -0.2) is 55.1 Å². The van der Waals surface area contributed by atoms with Crippen LogP contribution in [0.5, 0.6) is 5.88 Å². The maximum Gasteiger partial charge on any atom is 0.225 e. The van der Waals surface area contributed by atoms with E-state index >= 15 is 0 Å². The molecule has 1 N–H and O–H groups in total. The number of fused-ring (bicyclic) bond motifs is 2. The minimum Gasteiger partial charge on any atom is -0.478 e. The van der Waals surface area contributed by atoms with E-state index in [1.54, 1.807) is 0 Å². The number of rotatable bonds is 7. The first-order chi connectivity index (χ1) is 16.2. The summed E-state index contributed by atoms with van der Waals surface area (Å²) in [6.07, 6.45) is 3.33. The van der Waals surface area contributed by atoms with Crippen LogP contribution in [-0.2, 0) is 11.2 Å². The average molecular weight is 465 g/mol. The summed E-state index contributed by atoms with van der Waals surface area (Å²) in [4.78, 5) is 21.0. The number of aryl methyl sites for hydroxylation is 1. The van der Waals surface area contributed by atoms with E-state index in [1.807, 2.05) is 24.3 Å². The summed E-state index contributed by atoms with van der Waals surface area (Å²) < 4.78 is 5.82. The second kappa shape index (κ2) is 9.98. The van der Waals surface area contributed by atoms with Gasteiger partial charge in [0.05, 0.1) is 11.6 Å². The van der Waals surface area contributed by atoms with E-state index < -0.39 is 0 Å². The molecule has 3 heterocycles. The van der Waals surface area contributed by atoms with Crippen LogP contribution in [0.3, 0.4) is 0 Å². The fourth-order valence-electron chi connectivity index (χ4n) is 4.67. The van der Waals surface area contributed by atoms with Crippen molar-refractivity contribution in [1.82, 2.24) is 9.88 Å². The highest BCUT2D eigenvalue weighted by atomic mass is 35.5. The number of carbonyl (C=O) groups is 1. The molecule has 0 unspecified atom stereocenters. The van der Waals surface area contributed by atoms with E-state index in [1.165, 1.54) is 11.1 Å². The molecule has 172 valence electrons. The topological polar surface area (TPSA) is 57.7 Å². The van der Waals surface area contributed by atoms with Crippen LogP contribution in [0.2, 0.25) is 5.02 Å². The molecule has 1 saturated heterocycles. The Morgan fingerprint density at radius 3 is 2.64 bits per heavy atom. The van der Waals surface area contributed by atoms with Gasteiger partial charge in [-0.1, -0.05) is 35.9 Å². The number of hydrogen-bond acceptors (Lipinski definition) is 5. The van der Waals surface area contributed by atoms with Crippen molar-refractivity contribution < 1.29 is 9.53 Å². The molecule has 0 radical (unpaired) electrons. The Labute approximate surface area is 199 Å². The molecule has 1 aromatic heterocycles. The summed E-state index contributed by atoms with van der Waals surface area (Å²) in [5.41, 5.74) is 2.31. The predicted molar refractivity (Wildman–Crippen MR) is 134 cm³/mol. The van der Waals surface area contributed by atoms with Gasteiger partial charge in [-0.15, -0.1) is 0 Å². The van der Waals surface area contributed by atoms with Crippen molar-refractivity contribution in [2.75, 3.05) is 49.5 Å². The van der Waals surface area contributed by atoms with Gasteiger partial charge in [0.2, 0.25) is 11.8 Å². The standard InChI is InChI=1S/C26H29ClN4O2/c27-21-7-3-5-19-6-4-8-22(25(19)21)31-16-14-30(15-17-31)13-1-2-18-33-24-12-10-20-9-11-23(32)28-26(20)29-24/h3-8,10,12H,1-2,9,11,13-18H2,(H,28,29,32). The summed E-state index contributed by atoms with van der Waals surface area (Å²) in [7, 11) is 0. The monoisotopic (exact) mass is 464 g/mol. The van der Waals surface area contributed by atoms with Crippen molar-refractivity contribution in [2.24, 2.45) is 0 Å². The number of piperazine rings is 1. The molecule has 0 spiro atoms. The molecule has 0 aliphatic carbocycles. The van der Waals surface area contributed by atoms with Crippen LogP contribution in [0.25, 0.3) is 10.8 Å². The molecular weight excluding hydrogens is 436 g/mol. The average Bonchev–Trinajstić information content (AvgIpc) is 2.84. The molecule has 0 atom stereocenters. The van der Waals surface area contributed by atoms with Crippen LogP contribution < -0.4 is 15.0 Å². The van der Waals surface area contributed by atoms with Crippen molar-refractivity contribution in [2.45, 2.75) is 25.7 Å². The van der Waals surface area contributed by atoms with E-state index in [0.717, 1.165) is 68.0 Å². The largest absolute Gasteiger partial charge is 0.478 e. The van der Waals surface area contributed by atoms with Gasteiger partial charge in [-0.3, -0.25) is 9.69 Å². The molecule has 0 saturated carbocycles. The molecule has 6 nitrogen and oxygen atoms in total. The third-order valence-electron chi connectivity index (χ3n) is 6.50. The van der Waals surface area contributed by atoms with Gasteiger partial charge in [-0.25, -0.2) is 0 Å². The highest BCUT2D eigenvalue weighted by Gasteiger charge is 2.19. The van der Waals surface area contributed by atoms with Gasteiger partial charge in [-0.05, 0) is 55.0 Å². The van der Waals surface area contributed by atoms with Crippen molar-refractivity contribution in [1.29, 1.82) is 0 Å². The molecule has 33 heavy (non-hydrogen) atoms. The summed E-state index contributed by atoms with van der Waals surface area (Å²) in [6.45, 7) is 5.81. The van der Waals surface area contributed by atoms with Crippen LogP contribution in [0.15, 0.2) is 48.5 Å². The normalized spacial score (nSPS) is 16.5. The van der Waals surface area contributed by atoms with Crippen LogP contribution in [0.1, 0.15) is 24.8 Å². The van der Waals surface area contributed by atoms with Gasteiger partial charge in [0, 0.05) is 49.7 Å². The minimum atomic E-state index is 0.0239. The molecule has 1 fully saturated rings. The SMILES string of the molecule is O=C1CCc2ccc(OCCCCN3CCN(c4cccc5cccc(Cl)c45)CC3)nc2N1. The van der Waals surface area contributed by atoms with Crippen molar-refractivity contribution in [3.05, 3.63) is 59.1 Å². The van der Waals surface area contributed by atoms with Gasteiger partial charge in [0.1, 0.15) is 5.82 Å². The fraction of sp³-hybridized carbons (Fsp3) is 0.385. The smallest absolute Gasteiger partial charge is 0.225 e. The first-order valence-electron chi connectivity index (χ1n) is 11.7. The van der Waals surface area contributed by atoms with E-state index in [2.05, 4.69) is 44.4 Å². The number of pyridine rings is 1. The molecule has 2 aromatic carbocycles. The fourth-order valence-corrected chi connectivity index (χ4v) is 4.95. The first-order valence-corrected chi connectivity index (χ1v) is 12.1. The van der Waals surface area contributed by atoms with Crippen LogP contribution in [0, 0.1) is 0 Å². The maximum atomic E-state index is 11.6. The van der Waals surface area contributed by atoms with E-state index in [0.29, 0.717) is 24.7 Å². The van der Waals surface area contributed by atoms with E-state index in [4.69, 9.17) is 16.3 Å². The van der Waals surface area contributed by atoms with Crippen LogP contribution in [0.4, 0.5) is 11.5 Å². The van der Waals surface area contributed by atoms with Crippen LogP contribution >= 0.6 is 11.6 Å².